The van der Waals surface area contributed by atoms with Crippen LogP contribution in [-0.2, 0) is 0 Å². The molecule has 0 atom stereocenters. The molecule has 0 radical (unpaired) electrons. The van der Waals surface area contributed by atoms with Crippen LogP contribution in [0.2, 0.25) is 0 Å². The SMILES string of the molecule is COc1ccc(OC)c(P(C(C)(C)C)C(C)(C)C)c1-c1cc(C(c2ccccc2)c2ccccc2)cc(C(c2ccccc2)c2ccccc2)c1. The minimum Gasteiger partial charge on any atom is -0.496 e. The molecule has 6 aromatic rings. The molecule has 0 unspecified atom stereocenters. The van der Waals surface area contributed by atoms with E-state index in [9.17, 15) is 0 Å². The molecule has 0 spiro atoms. The Morgan fingerprint density at radius 1 is 0.412 bits per heavy atom. The van der Waals surface area contributed by atoms with Gasteiger partial charge in [-0.3, -0.25) is 0 Å². The molecule has 0 amide bonds. The van der Waals surface area contributed by atoms with Crippen molar-refractivity contribution in [3.05, 3.63) is 185 Å². The van der Waals surface area contributed by atoms with Gasteiger partial charge in [-0.2, -0.15) is 0 Å². The van der Waals surface area contributed by atoms with Gasteiger partial charge in [0.25, 0.3) is 0 Å². The average Bonchev–Trinajstić information content (AvgIpc) is 3.12. The third-order valence-corrected chi connectivity index (χ3v) is 13.1. The first-order valence-electron chi connectivity index (χ1n) is 17.9. The van der Waals surface area contributed by atoms with Gasteiger partial charge in [-0.15, -0.1) is 0 Å². The van der Waals surface area contributed by atoms with Crippen LogP contribution in [0, 0.1) is 0 Å². The van der Waals surface area contributed by atoms with Crippen LogP contribution < -0.4 is 14.8 Å². The maximum atomic E-state index is 6.31. The lowest BCUT2D eigenvalue weighted by molar-refractivity contribution is 0.407. The van der Waals surface area contributed by atoms with Crippen molar-refractivity contribution < 1.29 is 9.47 Å². The van der Waals surface area contributed by atoms with Crippen molar-refractivity contribution in [1.82, 2.24) is 0 Å². The van der Waals surface area contributed by atoms with E-state index in [-0.39, 0.29) is 22.1 Å². The van der Waals surface area contributed by atoms with Gasteiger partial charge in [0, 0.05) is 22.7 Å². The smallest absolute Gasteiger partial charge is 0.127 e. The highest BCUT2D eigenvalue weighted by molar-refractivity contribution is 7.69. The lowest BCUT2D eigenvalue weighted by atomic mass is 9.79. The largest absolute Gasteiger partial charge is 0.496 e. The highest BCUT2D eigenvalue weighted by Gasteiger charge is 2.40. The minimum atomic E-state index is -0.761. The standard InChI is InChI=1S/C48H51O2P/c1-47(2,3)51(48(4,5)6)46-42(50-8)30-29-41(49-7)45(46)40-32-38(43(34-21-13-9-14-22-34)35-23-15-10-16-24-35)31-39(33-40)44(36-25-17-11-18-26-36)37-27-19-12-20-28-37/h9-33,43-44H,1-8H3. The lowest BCUT2D eigenvalue weighted by Crippen LogP contribution is -2.32. The van der Waals surface area contributed by atoms with Crippen LogP contribution in [0.25, 0.3) is 11.1 Å². The second-order valence-corrected chi connectivity index (χ2v) is 19.1. The van der Waals surface area contributed by atoms with E-state index in [0.29, 0.717) is 0 Å². The number of ether oxygens (including phenoxy) is 2. The molecular weight excluding hydrogens is 640 g/mol. The Balaban J connectivity index is 1.76. The highest BCUT2D eigenvalue weighted by Crippen LogP contribution is 2.62. The molecule has 0 aliphatic rings. The Hall–Kier alpha value is -4.65. The number of hydrogen-bond acceptors (Lipinski definition) is 2. The molecule has 0 bridgehead atoms. The van der Waals surface area contributed by atoms with Gasteiger partial charge in [0.1, 0.15) is 11.5 Å². The van der Waals surface area contributed by atoms with E-state index in [1.807, 2.05) is 0 Å². The molecular formula is C48H51O2P. The summed E-state index contributed by atoms with van der Waals surface area (Å²) in [6.07, 6.45) is 0. The van der Waals surface area contributed by atoms with E-state index in [2.05, 4.69) is 193 Å². The molecule has 0 aromatic heterocycles. The van der Waals surface area contributed by atoms with Gasteiger partial charge in [0.15, 0.2) is 0 Å². The minimum absolute atomic E-state index is 0.00432. The summed E-state index contributed by atoms with van der Waals surface area (Å²) in [6, 6.07) is 55.1. The Kier molecular flexibility index (Phi) is 10.8. The van der Waals surface area contributed by atoms with Gasteiger partial charge in [-0.25, -0.2) is 0 Å². The normalized spacial score (nSPS) is 12.1. The Labute approximate surface area is 307 Å². The maximum absolute atomic E-state index is 6.31. The first kappa shape index (κ1) is 36.2. The predicted molar refractivity (Wildman–Crippen MR) is 219 cm³/mol. The van der Waals surface area contributed by atoms with E-state index in [0.717, 1.165) is 22.6 Å². The summed E-state index contributed by atoms with van der Waals surface area (Å²) in [7, 11) is 2.84. The van der Waals surface area contributed by atoms with Crippen LogP contribution in [0.1, 0.15) is 86.8 Å². The van der Waals surface area contributed by atoms with Crippen LogP contribution in [-0.4, -0.2) is 24.5 Å². The molecule has 6 aromatic carbocycles. The molecule has 0 aliphatic heterocycles. The van der Waals surface area contributed by atoms with Gasteiger partial charge in [0.2, 0.25) is 0 Å². The van der Waals surface area contributed by atoms with Crippen LogP contribution in [0.4, 0.5) is 0 Å². The first-order valence-corrected chi connectivity index (χ1v) is 19.3. The summed E-state index contributed by atoms with van der Waals surface area (Å²) in [5.41, 5.74) is 9.77. The topological polar surface area (TPSA) is 18.5 Å². The first-order chi connectivity index (χ1) is 24.5. The van der Waals surface area contributed by atoms with Crippen molar-refractivity contribution in [3.8, 4) is 22.6 Å². The zero-order chi connectivity index (χ0) is 36.2. The molecule has 0 saturated heterocycles. The summed E-state index contributed by atoms with van der Waals surface area (Å²) in [4.78, 5) is 0. The number of rotatable bonds is 10. The Bertz CT molecular complexity index is 1830. The molecule has 2 nitrogen and oxygen atoms in total. The molecule has 0 aliphatic carbocycles. The quantitative estimate of drug-likeness (QED) is 0.105. The van der Waals surface area contributed by atoms with Crippen molar-refractivity contribution in [2.24, 2.45) is 0 Å². The van der Waals surface area contributed by atoms with Crippen molar-refractivity contribution in [1.29, 1.82) is 0 Å². The molecule has 6 rings (SSSR count). The summed E-state index contributed by atoms with van der Waals surface area (Å²) in [5, 5.41) is 1.24. The average molecular weight is 691 g/mol. The van der Waals surface area contributed by atoms with Crippen LogP contribution in [0.15, 0.2) is 152 Å². The molecule has 260 valence electrons. The molecule has 0 saturated carbocycles. The Morgan fingerprint density at radius 2 is 0.745 bits per heavy atom. The zero-order valence-corrected chi connectivity index (χ0v) is 32.2. The van der Waals surface area contributed by atoms with Crippen LogP contribution in [0.3, 0.4) is 0 Å². The lowest BCUT2D eigenvalue weighted by Gasteiger charge is -2.43. The number of benzene rings is 6. The molecule has 0 fully saturated rings. The van der Waals surface area contributed by atoms with E-state index >= 15 is 0 Å². The number of hydrogen-bond donors (Lipinski definition) is 0. The third-order valence-electron chi connectivity index (χ3n) is 9.57. The van der Waals surface area contributed by atoms with E-state index < -0.39 is 7.92 Å². The van der Waals surface area contributed by atoms with Crippen LogP contribution >= 0.6 is 7.92 Å². The second kappa shape index (κ2) is 15.3. The van der Waals surface area contributed by atoms with Crippen LogP contribution in [0.5, 0.6) is 11.5 Å². The molecule has 0 N–H and O–H groups in total. The summed E-state index contributed by atoms with van der Waals surface area (Å²) in [5.74, 6) is 1.82. The van der Waals surface area contributed by atoms with Gasteiger partial charge in [0.05, 0.1) is 14.2 Å². The zero-order valence-electron chi connectivity index (χ0n) is 31.4. The summed E-state index contributed by atoms with van der Waals surface area (Å²) >= 11 is 0. The Morgan fingerprint density at radius 3 is 1.06 bits per heavy atom. The molecule has 3 heteroatoms. The fourth-order valence-corrected chi connectivity index (χ4v) is 12.2. The van der Waals surface area contributed by atoms with Gasteiger partial charge < -0.3 is 9.47 Å². The van der Waals surface area contributed by atoms with Gasteiger partial charge >= 0.3 is 0 Å². The van der Waals surface area contributed by atoms with Crippen molar-refractivity contribution >= 4 is 13.2 Å². The molecule has 0 heterocycles. The molecule has 51 heavy (non-hydrogen) atoms. The van der Waals surface area contributed by atoms with Crippen molar-refractivity contribution in [3.63, 3.8) is 0 Å². The number of methoxy groups -OCH3 is 2. The fraction of sp³-hybridized carbons (Fsp3) is 0.250. The third kappa shape index (κ3) is 7.83. The van der Waals surface area contributed by atoms with Crippen molar-refractivity contribution in [2.45, 2.75) is 63.7 Å². The second-order valence-electron chi connectivity index (χ2n) is 15.3. The van der Waals surface area contributed by atoms with E-state index in [1.54, 1.807) is 14.2 Å². The summed E-state index contributed by atoms with van der Waals surface area (Å²) in [6.45, 7) is 14.2. The van der Waals surface area contributed by atoms with E-state index in [4.69, 9.17) is 9.47 Å². The van der Waals surface area contributed by atoms with Gasteiger partial charge in [-0.05, 0) is 61.4 Å². The monoisotopic (exact) mass is 690 g/mol. The summed E-state index contributed by atoms with van der Waals surface area (Å²) < 4.78 is 12.6. The van der Waals surface area contributed by atoms with Crippen molar-refractivity contribution in [2.75, 3.05) is 14.2 Å². The van der Waals surface area contributed by atoms with E-state index in [1.165, 1.54) is 38.7 Å². The fourth-order valence-electron chi connectivity index (χ4n) is 7.96. The highest BCUT2D eigenvalue weighted by atomic mass is 31.1. The maximum Gasteiger partial charge on any atom is 0.127 e. The predicted octanol–water partition coefficient (Wildman–Crippen LogP) is 12.4. The van der Waals surface area contributed by atoms with Gasteiger partial charge in [-0.1, -0.05) is 189 Å².